The second kappa shape index (κ2) is 19.1. The number of fused-ring (bicyclic) bond motifs is 4. The number of hydrogen-bond donors (Lipinski definition) is 0. The van der Waals surface area contributed by atoms with Crippen LogP contribution in [0.25, 0.3) is 98.6 Å². The second-order valence-electron chi connectivity index (χ2n) is 18.4. The summed E-state index contributed by atoms with van der Waals surface area (Å²) < 4.78 is 19.5. The second-order valence-corrected chi connectivity index (χ2v) is 20.4. The van der Waals surface area contributed by atoms with Gasteiger partial charge in [-0.25, -0.2) is 0 Å². The van der Waals surface area contributed by atoms with Crippen molar-refractivity contribution in [1.82, 2.24) is 17.5 Å². The molecule has 354 valence electrons. The third-order valence-electron chi connectivity index (χ3n) is 14.1. The molecule has 0 aliphatic carbocycles. The Labute approximate surface area is 446 Å². The van der Waals surface area contributed by atoms with Crippen LogP contribution in [0.3, 0.4) is 0 Å². The summed E-state index contributed by atoms with van der Waals surface area (Å²) in [5.41, 5.74) is 20.3. The first-order chi connectivity index (χ1) is 37.2. The van der Waals surface area contributed by atoms with Crippen LogP contribution < -0.4 is 9.80 Å². The van der Waals surface area contributed by atoms with Gasteiger partial charge in [0.25, 0.3) is 0 Å². The molecule has 0 amide bonds. The lowest BCUT2D eigenvalue weighted by molar-refractivity contribution is 1.28. The monoisotopic (exact) mass is 1010 g/mol. The van der Waals surface area contributed by atoms with E-state index in [1.807, 2.05) is 0 Å². The first-order valence-corrected chi connectivity index (χ1v) is 27.1. The zero-order valence-corrected chi connectivity index (χ0v) is 42.6. The van der Waals surface area contributed by atoms with Gasteiger partial charge in [0.15, 0.2) is 0 Å². The molecule has 9 heteroatoms. The Morgan fingerprint density at radius 1 is 0.240 bits per heavy atom. The number of benzene rings is 11. The van der Waals surface area contributed by atoms with Crippen molar-refractivity contribution in [3.8, 4) is 54.9 Å². The van der Waals surface area contributed by atoms with Crippen LogP contribution >= 0.6 is 34.8 Å². The molecule has 0 radical (unpaired) electrons. The van der Waals surface area contributed by atoms with Crippen LogP contribution in [-0.2, 0) is 0 Å². The summed E-state index contributed by atoms with van der Waals surface area (Å²) in [6.07, 6.45) is 0. The van der Waals surface area contributed by atoms with Crippen LogP contribution in [0.2, 0.25) is 0 Å². The van der Waals surface area contributed by atoms with Crippen molar-refractivity contribution in [3.05, 3.63) is 254 Å². The molecule has 0 atom stereocenters. The van der Waals surface area contributed by atoms with Gasteiger partial charge in [0, 0.05) is 61.3 Å². The molecule has 75 heavy (non-hydrogen) atoms. The van der Waals surface area contributed by atoms with E-state index in [0.29, 0.717) is 0 Å². The van der Waals surface area contributed by atoms with Gasteiger partial charge in [-0.1, -0.05) is 170 Å². The van der Waals surface area contributed by atoms with E-state index < -0.39 is 0 Å². The molecular weight excluding hydrogens is 973 g/mol. The van der Waals surface area contributed by atoms with Crippen LogP contribution in [0.15, 0.2) is 254 Å². The van der Waals surface area contributed by atoms with Crippen LogP contribution in [0.1, 0.15) is 0 Å². The van der Waals surface area contributed by atoms with E-state index in [1.165, 1.54) is 44.5 Å². The van der Waals surface area contributed by atoms with Crippen molar-refractivity contribution >= 4 is 113 Å². The van der Waals surface area contributed by atoms with Crippen molar-refractivity contribution in [1.29, 1.82) is 0 Å². The Bertz CT molecular complexity index is 4310. The highest BCUT2D eigenvalue weighted by molar-refractivity contribution is 7.13. The number of para-hydroxylation sites is 2. The smallest absolute Gasteiger partial charge is 0.114 e. The maximum absolute atomic E-state index is 4.91. The third kappa shape index (κ3) is 7.93. The van der Waals surface area contributed by atoms with Gasteiger partial charge in [0.2, 0.25) is 0 Å². The maximum Gasteiger partial charge on any atom is 0.114 e. The average molecular weight is 1020 g/mol. The van der Waals surface area contributed by atoms with Gasteiger partial charge in [0.1, 0.15) is 22.1 Å². The number of anilines is 6. The summed E-state index contributed by atoms with van der Waals surface area (Å²) >= 11 is 4.28. The molecule has 0 bridgehead atoms. The highest BCUT2D eigenvalue weighted by Crippen LogP contribution is 2.47. The van der Waals surface area contributed by atoms with E-state index in [0.717, 1.165) is 112 Å². The Kier molecular flexibility index (Phi) is 11.3. The fourth-order valence-corrected chi connectivity index (χ4v) is 12.6. The fourth-order valence-electron chi connectivity index (χ4n) is 10.7. The van der Waals surface area contributed by atoms with Crippen LogP contribution in [-0.4, -0.2) is 17.5 Å². The topological polar surface area (TPSA) is 58.0 Å². The minimum atomic E-state index is 0.924. The summed E-state index contributed by atoms with van der Waals surface area (Å²) in [6.45, 7) is 0. The van der Waals surface area contributed by atoms with Crippen molar-refractivity contribution in [3.63, 3.8) is 0 Å². The highest BCUT2D eigenvalue weighted by Gasteiger charge is 2.23. The van der Waals surface area contributed by atoms with E-state index in [1.54, 1.807) is 11.3 Å². The molecule has 0 aliphatic rings. The zero-order chi connectivity index (χ0) is 49.7. The molecule has 14 rings (SSSR count). The molecule has 0 N–H and O–H groups in total. The molecule has 0 saturated heterocycles. The molecule has 0 unspecified atom stereocenters. The van der Waals surface area contributed by atoms with Gasteiger partial charge in [-0.2, -0.15) is 17.5 Å². The number of hydrogen-bond acceptors (Lipinski definition) is 9. The van der Waals surface area contributed by atoms with Crippen molar-refractivity contribution in [2.75, 3.05) is 9.80 Å². The van der Waals surface area contributed by atoms with Crippen LogP contribution in [0, 0.1) is 0 Å². The maximum atomic E-state index is 4.91. The predicted octanol–water partition coefficient (Wildman–Crippen LogP) is 19.3. The van der Waals surface area contributed by atoms with E-state index in [-0.39, 0.29) is 0 Å². The Morgan fingerprint density at radius 3 is 0.893 bits per heavy atom. The van der Waals surface area contributed by atoms with Crippen LogP contribution in [0.5, 0.6) is 0 Å². The van der Waals surface area contributed by atoms with Crippen molar-refractivity contribution < 1.29 is 0 Å². The predicted molar refractivity (Wildman–Crippen MR) is 318 cm³/mol. The molecule has 0 saturated carbocycles. The summed E-state index contributed by atoms with van der Waals surface area (Å²) in [6, 6.07) is 88.8. The Morgan fingerprint density at radius 2 is 0.533 bits per heavy atom. The largest absolute Gasteiger partial charge is 0.311 e. The molecule has 0 spiro atoms. The molecule has 11 aromatic carbocycles. The van der Waals surface area contributed by atoms with Crippen molar-refractivity contribution in [2.45, 2.75) is 0 Å². The lowest BCUT2D eigenvalue weighted by atomic mass is 9.90. The lowest BCUT2D eigenvalue weighted by Gasteiger charge is -2.26. The molecule has 0 fully saturated rings. The Balaban J connectivity index is 0.774. The van der Waals surface area contributed by atoms with Crippen molar-refractivity contribution in [2.24, 2.45) is 0 Å². The van der Waals surface area contributed by atoms with Gasteiger partial charge in [-0.15, -0.1) is 11.3 Å². The van der Waals surface area contributed by atoms with Crippen LogP contribution in [0.4, 0.5) is 34.1 Å². The normalized spacial score (nSPS) is 11.5. The molecule has 3 aromatic heterocycles. The first kappa shape index (κ1) is 44.6. The molecule has 6 nitrogen and oxygen atoms in total. The third-order valence-corrected chi connectivity index (χ3v) is 16.1. The molecular formula is C66H42N6S3. The zero-order valence-electron chi connectivity index (χ0n) is 40.2. The molecule has 14 aromatic rings. The van der Waals surface area contributed by atoms with Gasteiger partial charge in [-0.05, 0) is 134 Å². The fraction of sp³-hybridized carbons (Fsp3) is 0. The standard InChI is InChI=1S/C66H42N6S3/c1-4-15-45(16-5-1)59-54-21-10-11-22-55(54)60(64-63(59)67-74-68-64)46-30-38-52(39-31-46)71(48-17-6-2-7-18-48)50-34-26-43(27-35-50)44-28-36-51(37-29-44)72(49-19-8-3-9-20-49)53-40-32-47(33-41-53)61-56-23-12-13-24-57(56)62(58-25-14-42-73-58)66-65(61)69-75-70-66/h1-42H. The molecule has 0 aliphatic heterocycles. The number of aromatic nitrogens is 4. The Hall–Kier alpha value is -9.12. The van der Waals surface area contributed by atoms with Gasteiger partial charge in [0.05, 0.1) is 23.5 Å². The van der Waals surface area contributed by atoms with E-state index in [9.17, 15) is 0 Å². The first-order valence-electron chi connectivity index (χ1n) is 24.8. The van der Waals surface area contributed by atoms with Gasteiger partial charge >= 0.3 is 0 Å². The highest BCUT2D eigenvalue weighted by atomic mass is 32.1. The SMILES string of the molecule is c1ccc(-c2c3ccccc3c(-c3ccc(N(c4ccccc4)c4ccc(-c5ccc(N(c6ccccc6)c6ccc(-c7c8ccccc8c(-c8cccs8)c8nsnc78)cc6)cc5)cc4)cc3)c3nsnc23)cc1. The number of rotatable bonds is 11. The average Bonchev–Trinajstić information content (AvgIpc) is 4.31. The van der Waals surface area contributed by atoms with E-state index >= 15 is 0 Å². The minimum absolute atomic E-state index is 0.924. The summed E-state index contributed by atoms with van der Waals surface area (Å²) in [5.74, 6) is 0. The quantitative estimate of drug-likeness (QED) is 0.129. The number of nitrogens with zero attached hydrogens (tertiary/aromatic N) is 6. The molecule has 3 heterocycles. The number of thiophene rings is 1. The summed E-state index contributed by atoms with van der Waals surface area (Å²) in [4.78, 5) is 5.83. The van der Waals surface area contributed by atoms with Gasteiger partial charge < -0.3 is 9.80 Å². The van der Waals surface area contributed by atoms with E-state index in [4.69, 9.17) is 17.5 Å². The minimum Gasteiger partial charge on any atom is -0.311 e. The van der Waals surface area contributed by atoms with Gasteiger partial charge in [-0.3, -0.25) is 0 Å². The summed E-state index contributed by atoms with van der Waals surface area (Å²) in [7, 11) is 0. The summed E-state index contributed by atoms with van der Waals surface area (Å²) in [5, 5.41) is 6.81. The lowest BCUT2D eigenvalue weighted by Crippen LogP contribution is -2.10. The van der Waals surface area contributed by atoms with E-state index in [2.05, 4.69) is 264 Å².